The Morgan fingerprint density at radius 1 is 1.38 bits per heavy atom. The van der Waals surface area contributed by atoms with Gasteiger partial charge in [-0.2, -0.15) is 0 Å². The monoisotopic (exact) mass is 136 g/mol. The van der Waals surface area contributed by atoms with Gasteiger partial charge in [0, 0.05) is 6.61 Å². The van der Waals surface area contributed by atoms with Crippen molar-refractivity contribution in [3.05, 3.63) is 0 Å². The molecule has 1 aliphatic rings. The maximum Gasteiger partial charge on any atom is 0.161 e. The van der Waals surface area contributed by atoms with Crippen molar-refractivity contribution in [3.63, 3.8) is 0 Å². The highest BCUT2D eigenvalue weighted by Crippen LogP contribution is 2.01. The highest BCUT2D eigenvalue weighted by molar-refractivity contribution is 6.27. The molecule has 3 heteroatoms. The lowest BCUT2D eigenvalue weighted by Gasteiger charge is -2.07. The van der Waals surface area contributed by atoms with Gasteiger partial charge in [-0.15, -0.1) is 0 Å². The van der Waals surface area contributed by atoms with Crippen molar-refractivity contribution in [1.82, 2.24) is 0 Å². The molecule has 0 unspecified atom stereocenters. The SMILES string of the molecule is C1CC[SiH2]OC1.CF. The van der Waals surface area contributed by atoms with Crippen LogP contribution in [0.15, 0.2) is 0 Å². The van der Waals surface area contributed by atoms with Crippen LogP contribution in [0, 0.1) is 0 Å². The minimum Gasteiger partial charge on any atom is -0.424 e. The van der Waals surface area contributed by atoms with E-state index in [1.54, 1.807) is 0 Å². The number of rotatable bonds is 0. The van der Waals surface area contributed by atoms with Gasteiger partial charge in [0.1, 0.15) is 0 Å². The van der Waals surface area contributed by atoms with E-state index in [1.807, 2.05) is 0 Å². The quantitative estimate of drug-likeness (QED) is 0.449. The molecule has 0 N–H and O–H groups in total. The second-order valence-corrected chi connectivity index (χ2v) is 3.20. The maximum atomic E-state index is 9.50. The van der Waals surface area contributed by atoms with E-state index in [9.17, 15) is 4.39 Å². The van der Waals surface area contributed by atoms with E-state index in [0.29, 0.717) is 7.18 Å². The van der Waals surface area contributed by atoms with E-state index in [0.717, 1.165) is 6.61 Å². The molecule has 0 bridgehead atoms. The van der Waals surface area contributed by atoms with Gasteiger partial charge in [-0.1, -0.05) is 6.42 Å². The van der Waals surface area contributed by atoms with Gasteiger partial charge in [-0.05, 0) is 12.5 Å². The molecule has 0 aromatic carbocycles. The van der Waals surface area contributed by atoms with Gasteiger partial charge in [0.05, 0.1) is 7.18 Å². The van der Waals surface area contributed by atoms with Crippen molar-refractivity contribution < 1.29 is 8.82 Å². The molecule has 0 aliphatic carbocycles. The zero-order valence-electron chi connectivity index (χ0n) is 5.32. The molecular weight excluding hydrogens is 123 g/mol. The van der Waals surface area contributed by atoms with Crippen molar-refractivity contribution >= 4 is 9.76 Å². The molecule has 0 amide bonds. The molecule has 0 atom stereocenters. The Hall–Kier alpha value is 0.107. The molecule has 0 radical (unpaired) electrons. The van der Waals surface area contributed by atoms with Crippen LogP contribution < -0.4 is 0 Å². The summed E-state index contributed by atoms with van der Waals surface area (Å²) < 4.78 is 14.7. The highest BCUT2D eigenvalue weighted by atomic mass is 28.2. The Morgan fingerprint density at radius 2 is 2.12 bits per heavy atom. The van der Waals surface area contributed by atoms with E-state index in [1.165, 1.54) is 18.9 Å². The largest absolute Gasteiger partial charge is 0.424 e. The van der Waals surface area contributed by atoms with Crippen LogP contribution in [0.1, 0.15) is 12.8 Å². The van der Waals surface area contributed by atoms with Crippen molar-refractivity contribution in [2.45, 2.75) is 18.9 Å². The molecule has 1 fully saturated rings. The molecular formula is C5H13FOSi. The highest BCUT2D eigenvalue weighted by Gasteiger charge is 1.96. The molecule has 8 heavy (non-hydrogen) atoms. The molecule has 50 valence electrons. The lowest BCUT2D eigenvalue weighted by atomic mass is 10.4. The fourth-order valence-electron chi connectivity index (χ4n) is 0.687. The van der Waals surface area contributed by atoms with Crippen molar-refractivity contribution in [3.8, 4) is 0 Å². The van der Waals surface area contributed by atoms with Crippen molar-refractivity contribution in [2.24, 2.45) is 0 Å². The fraction of sp³-hybridized carbons (Fsp3) is 1.00. The summed E-state index contributed by atoms with van der Waals surface area (Å²) in [6.45, 7) is 1.06. The van der Waals surface area contributed by atoms with Crippen molar-refractivity contribution in [2.75, 3.05) is 13.8 Å². The van der Waals surface area contributed by atoms with Crippen molar-refractivity contribution in [1.29, 1.82) is 0 Å². The number of alkyl halides is 1. The smallest absolute Gasteiger partial charge is 0.161 e. The summed E-state index contributed by atoms with van der Waals surface area (Å²) in [5.74, 6) is 0. The first-order chi connectivity index (χ1) is 4.00. The van der Waals surface area contributed by atoms with Crippen LogP contribution in [0.2, 0.25) is 6.04 Å². The molecule has 1 saturated heterocycles. The molecule has 1 aliphatic heterocycles. The van der Waals surface area contributed by atoms with Gasteiger partial charge < -0.3 is 4.43 Å². The summed E-state index contributed by atoms with van der Waals surface area (Å²) in [4.78, 5) is 0. The van der Waals surface area contributed by atoms with Gasteiger partial charge in [-0.25, -0.2) is 0 Å². The third kappa shape index (κ3) is 4.27. The zero-order valence-corrected chi connectivity index (χ0v) is 6.74. The van der Waals surface area contributed by atoms with E-state index < -0.39 is 0 Å². The summed E-state index contributed by atoms with van der Waals surface area (Å²) in [6, 6.07) is 1.42. The lowest BCUT2D eigenvalue weighted by Crippen LogP contribution is -2.06. The fourth-order valence-corrected chi connectivity index (χ4v) is 1.86. The number of halogens is 1. The summed E-state index contributed by atoms with van der Waals surface area (Å²) in [6.07, 6.45) is 2.75. The van der Waals surface area contributed by atoms with Gasteiger partial charge in [0.15, 0.2) is 9.76 Å². The first kappa shape index (κ1) is 8.11. The van der Waals surface area contributed by atoms with E-state index in [4.69, 9.17) is 4.43 Å². The average Bonchev–Trinajstić information content (AvgIpc) is 1.96. The maximum absolute atomic E-state index is 9.50. The molecule has 1 nitrogen and oxygen atoms in total. The molecule has 1 heterocycles. The first-order valence-electron chi connectivity index (χ1n) is 2.96. The summed E-state index contributed by atoms with van der Waals surface area (Å²) in [5, 5.41) is 0. The average molecular weight is 136 g/mol. The minimum atomic E-state index is 0.00849. The second kappa shape index (κ2) is 7.11. The van der Waals surface area contributed by atoms with Gasteiger partial charge in [0.25, 0.3) is 0 Å². The first-order valence-corrected chi connectivity index (χ1v) is 4.53. The van der Waals surface area contributed by atoms with Gasteiger partial charge in [-0.3, -0.25) is 4.39 Å². The summed E-state index contributed by atoms with van der Waals surface area (Å²) >= 11 is 0. The van der Waals surface area contributed by atoms with Crippen LogP contribution in [-0.2, 0) is 4.43 Å². The van der Waals surface area contributed by atoms with E-state index in [-0.39, 0.29) is 9.76 Å². The third-order valence-electron chi connectivity index (χ3n) is 1.08. The minimum absolute atomic E-state index is 0.00849. The third-order valence-corrected chi connectivity index (χ3v) is 2.44. The Labute approximate surface area is 52.2 Å². The Balaban J connectivity index is 0.000000222. The normalized spacial score (nSPS) is 21.8. The van der Waals surface area contributed by atoms with Crippen LogP contribution in [0.3, 0.4) is 0 Å². The van der Waals surface area contributed by atoms with Gasteiger partial charge in [0.2, 0.25) is 0 Å². The standard InChI is InChI=1S/C4H10OSi.CH3F/c1-2-4-6-5-3-1;1-2/h1-4,6H2;1H3. The molecule has 0 aromatic heterocycles. The van der Waals surface area contributed by atoms with Crippen LogP contribution >= 0.6 is 0 Å². The van der Waals surface area contributed by atoms with E-state index >= 15 is 0 Å². The second-order valence-electron chi connectivity index (χ2n) is 1.67. The summed E-state index contributed by atoms with van der Waals surface area (Å²) in [5.41, 5.74) is 0. The molecule has 0 spiro atoms. The Morgan fingerprint density at radius 3 is 2.25 bits per heavy atom. The van der Waals surface area contributed by atoms with Crippen LogP contribution in [0.4, 0.5) is 4.39 Å². The molecule has 1 rings (SSSR count). The topological polar surface area (TPSA) is 9.23 Å². The van der Waals surface area contributed by atoms with Crippen LogP contribution in [-0.4, -0.2) is 23.5 Å². The molecule has 0 saturated carbocycles. The summed E-state index contributed by atoms with van der Waals surface area (Å²) in [7, 11) is 0.508. The Kier molecular flexibility index (Phi) is 7.20. The predicted octanol–water partition coefficient (Wildman–Crippen LogP) is 0.885. The number of hydrogen-bond acceptors (Lipinski definition) is 1. The zero-order chi connectivity index (χ0) is 6.24. The van der Waals surface area contributed by atoms with Crippen LogP contribution in [0.5, 0.6) is 0 Å². The van der Waals surface area contributed by atoms with Gasteiger partial charge >= 0.3 is 0 Å². The van der Waals surface area contributed by atoms with Crippen LogP contribution in [0.25, 0.3) is 0 Å². The van der Waals surface area contributed by atoms with E-state index in [2.05, 4.69) is 0 Å². The number of hydrogen-bond donors (Lipinski definition) is 0. The molecule has 0 aromatic rings. The Bertz CT molecular complexity index is 27.9. The predicted molar refractivity (Wildman–Crippen MR) is 35.6 cm³/mol. The lowest BCUT2D eigenvalue weighted by molar-refractivity contribution is 0.304.